The van der Waals surface area contributed by atoms with E-state index in [1.165, 1.54) is 5.56 Å². The van der Waals surface area contributed by atoms with E-state index in [2.05, 4.69) is 22.0 Å². The van der Waals surface area contributed by atoms with E-state index in [-0.39, 0.29) is 18.4 Å². The summed E-state index contributed by atoms with van der Waals surface area (Å²) in [5.41, 5.74) is 4.83. The molecule has 4 heterocycles. The highest BCUT2D eigenvalue weighted by Crippen LogP contribution is 2.23. The minimum Gasteiger partial charge on any atom is -0.497 e. The van der Waals surface area contributed by atoms with Gasteiger partial charge in [-0.2, -0.15) is 0 Å². The maximum Gasteiger partial charge on any atom is 0.247 e. The summed E-state index contributed by atoms with van der Waals surface area (Å²) in [5, 5.41) is 0. The van der Waals surface area contributed by atoms with Crippen molar-refractivity contribution in [3.8, 4) is 5.75 Å². The molecule has 0 radical (unpaired) electrons. The summed E-state index contributed by atoms with van der Waals surface area (Å²) in [5.74, 6) is 1.25. The summed E-state index contributed by atoms with van der Waals surface area (Å²) in [4.78, 5) is 43.6. The van der Waals surface area contributed by atoms with Crippen LogP contribution in [0.1, 0.15) is 27.9 Å². The maximum absolute atomic E-state index is 14.5. The minimum absolute atomic E-state index is 0.0933. The number of carbonyl (C=O) groups excluding carboxylic acids is 2. The number of hydrogen-bond acceptors (Lipinski definition) is 7. The van der Waals surface area contributed by atoms with Gasteiger partial charge in [0.25, 0.3) is 0 Å². The summed E-state index contributed by atoms with van der Waals surface area (Å²) in [6.07, 6.45) is 7.90. The third kappa shape index (κ3) is 7.61. The Labute approximate surface area is 270 Å². The van der Waals surface area contributed by atoms with Crippen molar-refractivity contribution < 1.29 is 19.1 Å². The minimum atomic E-state index is -0.771. The second-order valence-electron chi connectivity index (χ2n) is 11.5. The fraction of sp³-hybridized carbons (Fsp3) is 0.297. The largest absolute Gasteiger partial charge is 0.497 e. The molecule has 4 aromatic rings. The van der Waals surface area contributed by atoms with Gasteiger partial charge in [0.1, 0.15) is 17.6 Å². The van der Waals surface area contributed by atoms with Crippen LogP contribution in [0.3, 0.4) is 0 Å². The smallest absolute Gasteiger partial charge is 0.247 e. The average Bonchev–Trinajstić information content (AvgIpc) is 3.13. The normalized spacial score (nSPS) is 15.3. The van der Waals surface area contributed by atoms with Gasteiger partial charge >= 0.3 is 0 Å². The van der Waals surface area contributed by atoms with Crippen LogP contribution in [0, 0.1) is 0 Å². The van der Waals surface area contributed by atoms with Crippen LogP contribution in [0.15, 0.2) is 97.3 Å². The number of ether oxygens (including phenoxy) is 2. The number of anilines is 1. The Bertz CT molecular complexity index is 1640. The number of methoxy groups -OCH3 is 1. The standard InChI is InChI=1S/C37H39N5O4/c1-45-33-13-9-28(10-14-33)12-16-36(43)42(26-29-11-15-35(39-25-29)40-20-22-46-23-21-40)34(24-32-8-4-5-18-38-32)37(44)41-19-17-30-6-2-3-7-31(30)27-41/h2-16,18,25,34H,17,19-24,26-27H2,1H3/b16-12-/t34-/m0/s1. The third-order valence-corrected chi connectivity index (χ3v) is 8.55. The fourth-order valence-electron chi connectivity index (χ4n) is 5.95. The lowest BCUT2D eigenvalue weighted by Crippen LogP contribution is -2.52. The Morgan fingerprint density at radius 1 is 0.935 bits per heavy atom. The number of aromatic nitrogens is 2. The summed E-state index contributed by atoms with van der Waals surface area (Å²) in [6, 6.07) is 24.6. The number of rotatable bonds is 10. The van der Waals surface area contributed by atoms with Gasteiger partial charge in [0.05, 0.1) is 20.3 Å². The third-order valence-electron chi connectivity index (χ3n) is 8.55. The van der Waals surface area contributed by atoms with Gasteiger partial charge in [0.15, 0.2) is 0 Å². The van der Waals surface area contributed by atoms with E-state index in [0.29, 0.717) is 32.7 Å². The van der Waals surface area contributed by atoms with E-state index in [4.69, 9.17) is 14.5 Å². The summed E-state index contributed by atoms with van der Waals surface area (Å²) < 4.78 is 10.8. The maximum atomic E-state index is 14.5. The first-order valence-corrected chi connectivity index (χ1v) is 15.7. The first-order chi connectivity index (χ1) is 22.6. The number of hydrogen-bond donors (Lipinski definition) is 0. The second-order valence-corrected chi connectivity index (χ2v) is 11.5. The Balaban J connectivity index is 1.32. The molecule has 0 spiro atoms. The van der Waals surface area contributed by atoms with E-state index in [0.717, 1.165) is 53.5 Å². The SMILES string of the molecule is COc1ccc(/C=C\C(=O)N(Cc2ccc(N3CCOCC3)nc2)[C@@H](Cc2ccccn2)C(=O)N2CCc3ccccc3C2)cc1. The van der Waals surface area contributed by atoms with Gasteiger partial charge in [-0.05, 0) is 65.1 Å². The van der Waals surface area contributed by atoms with Crippen LogP contribution >= 0.6 is 0 Å². The van der Waals surface area contributed by atoms with Crippen molar-refractivity contribution in [3.05, 3.63) is 125 Å². The zero-order valence-corrected chi connectivity index (χ0v) is 26.1. The number of morpholine rings is 1. The predicted octanol–water partition coefficient (Wildman–Crippen LogP) is 4.56. The van der Waals surface area contributed by atoms with Crippen LogP contribution < -0.4 is 9.64 Å². The molecule has 9 heteroatoms. The molecule has 2 aliphatic heterocycles. The van der Waals surface area contributed by atoms with Crippen molar-refractivity contribution in [1.82, 2.24) is 19.8 Å². The molecular formula is C37H39N5O4. The summed E-state index contributed by atoms with van der Waals surface area (Å²) in [6.45, 7) is 4.23. The van der Waals surface area contributed by atoms with Gasteiger partial charge in [-0.1, -0.05) is 48.5 Å². The number of fused-ring (bicyclic) bond motifs is 1. The Hall–Kier alpha value is -5.02. The average molecular weight is 618 g/mol. The van der Waals surface area contributed by atoms with Gasteiger partial charge in [0.2, 0.25) is 11.8 Å². The molecule has 1 saturated heterocycles. The molecule has 0 unspecified atom stereocenters. The van der Waals surface area contributed by atoms with E-state index in [1.807, 2.05) is 71.6 Å². The van der Waals surface area contributed by atoms with E-state index in [1.54, 1.807) is 36.6 Å². The van der Waals surface area contributed by atoms with Crippen LogP contribution in [0.5, 0.6) is 5.75 Å². The number of carbonyl (C=O) groups is 2. The lowest BCUT2D eigenvalue weighted by atomic mass is 9.98. The molecule has 0 N–H and O–H groups in total. The molecule has 2 amide bonds. The molecule has 0 saturated carbocycles. The van der Waals surface area contributed by atoms with Gasteiger partial charge in [-0.3, -0.25) is 14.6 Å². The topological polar surface area (TPSA) is 88.1 Å². The Morgan fingerprint density at radius 2 is 1.72 bits per heavy atom. The monoisotopic (exact) mass is 617 g/mol. The van der Waals surface area contributed by atoms with Gasteiger partial charge in [0, 0.05) is 63.3 Å². The molecule has 9 nitrogen and oxygen atoms in total. The molecule has 0 aliphatic carbocycles. The predicted molar refractivity (Wildman–Crippen MR) is 177 cm³/mol. The zero-order valence-electron chi connectivity index (χ0n) is 26.1. The van der Waals surface area contributed by atoms with Crippen LogP contribution in [0.25, 0.3) is 6.08 Å². The highest BCUT2D eigenvalue weighted by molar-refractivity contribution is 5.95. The first kappa shape index (κ1) is 31.0. The quantitative estimate of drug-likeness (QED) is 0.241. The van der Waals surface area contributed by atoms with Crippen molar-refractivity contribution in [2.75, 3.05) is 44.9 Å². The fourth-order valence-corrected chi connectivity index (χ4v) is 5.95. The molecule has 1 atom stereocenters. The molecule has 236 valence electrons. The van der Waals surface area contributed by atoms with E-state index in [9.17, 15) is 9.59 Å². The van der Waals surface area contributed by atoms with E-state index >= 15 is 0 Å². The molecule has 0 bridgehead atoms. The van der Waals surface area contributed by atoms with Gasteiger partial charge < -0.3 is 24.2 Å². The van der Waals surface area contributed by atoms with Crippen LogP contribution in [-0.2, 0) is 40.3 Å². The highest BCUT2D eigenvalue weighted by atomic mass is 16.5. The molecule has 2 aliphatic rings. The van der Waals surface area contributed by atoms with Gasteiger partial charge in [-0.15, -0.1) is 0 Å². The highest BCUT2D eigenvalue weighted by Gasteiger charge is 2.34. The first-order valence-electron chi connectivity index (χ1n) is 15.7. The molecule has 46 heavy (non-hydrogen) atoms. The van der Waals surface area contributed by atoms with Crippen molar-refractivity contribution in [2.24, 2.45) is 0 Å². The van der Waals surface area contributed by atoms with Gasteiger partial charge in [-0.25, -0.2) is 4.98 Å². The van der Waals surface area contributed by atoms with Crippen molar-refractivity contribution in [1.29, 1.82) is 0 Å². The van der Waals surface area contributed by atoms with E-state index < -0.39 is 6.04 Å². The number of pyridine rings is 2. The summed E-state index contributed by atoms with van der Waals surface area (Å²) in [7, 11) is 1.62. The molecule has 2 aromatic carbocycles. The molecule has 2 aromatic heterocycles. The number of nitrogens with zero attached hydrogens (tertiary/aromatic N) is 5. The molecule has 6 rings (SSSR count). The second kappa shape index (κ2) is 14.8. The van der Waals surface area contributed by atoms with Crippen LogP contribution in [0.4, 0.5) is 5.82 Å². The van der Waals surface area contributed by atoms with Crippen molar-refractivity contribution in [2.45, 2.75) is 32.0 Å². The number of benzene rings is 2. The van der Waals surface area contributed by atoms with Crippen molar-refractivity contribution in [3.63, 3.8) is 0 Å². The Morgan fingerprint density at radius 3 is 2.43 bits per heavy atom. The summed E-state index contributed by atoms with van der Waals surface area (Å²) >= 11 is 0. The number of amides is 2. The lowest BCUT2D eigenvalue weighted by molar-refractivity contribution is -0.144. The van der Waals surface area contributed by atoms with Crippen LogP contribution in [-0.4, -0.2) is 77.6 Å². The Kier molecular flexibility index (Phi) is 10.00. The molecular weight excluding hydrogens is 578 g/mol. The lowest BCUT2D eigenvalue weighted by Gasteiger charge is -2.36. The van der Waals surface area contributed by atoms with Crippen LogP contribution in [0.2, 0.25) is 0 Å². The zero-order chi connectivity index (χ0) is 31.7. The van der Waals surface area contributed by atoms with Crippen molar-refractivity contribution >= 4 is 23.7 Å². The molecule has 1 fully saturated rings.